The van der Waals surface area contributed by atoms with Crippen LogP contribution in [-0.4, -0.2) is 33.2 Å². The number of rotatable bonds is 3. The lowest BCUT2D eigenvalue weighted by atomic mass is 10.0. The lowest BCUT2D eigenvalue weighted by Gasteiger charge is -2.17. The molecule has 1 atom stereocenters. The van der Waals surface area contributed by atoms with E-state index in [2.05, 4.69) is 15.4 Å². The standard InChI is InChI=1S/C19H15ClF4N4S/c20-11-4-5-12(13(21)9-11)17-15-16(14-3-1-2-6-25-14)27-28(10-19(22,23)24)18(15)26-7-8-29-17/h1-6,9,17,26H,7-8,10H2. The first kappa shape index (κ1) is 20.0. The van der Waals surface area contributed by atoms with E-state index < -0.39 is 23.8 Å². The third-order valence-corrected chi connectivity index (χ3v) is 5.91. The lowest BCUT2D eigenvalue weighted by Crippen LogP contribution is -2.21. The van der Waals surface area contributed by atoms with Crippen LogP contribution in [0, 0.1) is 5.82 Å². The highest BCUT2D eigenvalue weighted by molar-refractivity contribution is 7.99. The van der Waals surface area contributed by atoms with Crippen LogP contribution in [0.4, 0.5) is 23.4 Å². The molecule has 1 unspecified atom stereocenters. The van der Waals surface area contributed by atoms with Crippen LogP contribution in [0.1, 0.15) is 16.4 Å². The maximum atomic E-state index is 14.7. The monoisotopic (exact) mass is 442 g/mol. The van der Waals surface area contributed by atoms with Gasteiger partial charge in [0, 0.05) is 34.6 Å². The number of hydrogen-bond donors (Lipinski definition) is 1. The van der Waals surface area contributed by atoms with Gasteiger partial charge in [0.1, 0.15) is 23.9 Å². The molecule has 2 aromatic heterocycles. The molecule has 0 fully saturated rings. The summed E-state index contributed by atoms with van der Waals surface area (Å²) in [4.78, 5) is 4.25. The van der Waals surface area contributed by atoms with Gasteiger partial charge in [0.25, 0.3) is 0 Å². The van der Waals surface area contributed by atoms with Crippen molar-refractivity contribution in [3.05, 3.63) is 64.6 Å². The van der Waals surface area contributed by atoms with Crippen LogP contribution in [-0.2, 0) is 6.54 Å². The molecule has 0 radical (unpaired) electrons. The van der Waals surface area contributed by atoms with Crippen LogP contribution in [0.2, 0.25) is 5.02 Å². The zero-order valence-electron chi connectivity index (χ0n) is 14.9. The lowest BCUT2D eigenvalue weighted by molar-refractivity contribution is -0.142. The molecule has 0 saturated heterocycles. The van der Waals surface area contributed by atoms with Crippen molar-refractivity contribution in [1.82, 2.24) is 14.8 Å². The predicted octanol–water partition coefficient (Wildman–Crippen LogP) is 5.55. The Kier molecular flexibility index (Phi) is 5.44. The molecule has 0 saturated carbocycles. The minimum absolute atomic E-state index is 0.229. The van der Waals surface area contributed by atoms with E-state index in [4.69, 9.17) is 11.6 Å². The van der Waals surface area contributed by atoms with Gasteiger partial charge in [-0.15, -0.1) is 11.8 Å². The van der Waals surface area contributed by atoms with Crippen molar-refractivity contribution in [2.45, 2.75) is 18.0 Å². The molecule has 3 heterocycles. The largest absolute Gasteiger partial charge is 0.408 e. The Morgan fingerprint density at radius 1 is 1.24 bits per heavy atom. The summed E-state index contributed by atoms with van der Waals surface area (Å²) in [6.45, 7) is -0.829. The molecule has 0 amide bonds. The van der Waals surface area contributed by atoms with Crippen LogP contribution in [0.5, 0.6) is 0 Å². The molecule has 3 aromatic rings. The highest BCUT2D eigenvalue weighted by Gasteiger charge is 2.36. The summed E-state index contributed by atoms with van der Waals surface area (Å²) in [5.41, 5.74) is 1.55. The SMILES string of the molecule is Fc1cc(Cl)ccc1C1SCCNc2c1c(-c1ccccn1)nn2CC(F)(F)F. The maximum absolute atomic E-state index is 14.7. The number of anilines is 1. The summed E-state index contributed by atoms with van der Waals surface area (Å²) in [7, 11) is 0. The fraction of sp³-hybridized carbons (Fsp3) is 0.263. The van der Waals surface area contributed by atoms with Crippen molar-refractivity contribution >= 4 is 29.2 Å². The second-order valence-electron chi connectivity index (χ2n) is 6.44. The molecule has 10 heteroatoms. The highest BCUT2D eigenvalue weighted by atomic mass is 35.5. The number of nitrogens with one attached hydrogen (secondary N) is 1. The van der Waals surface area contributed by atoms with Crippen LogP contribution in [0.15, 0.2) is 42.6 Å². The number of alkyl halides is 3. The van der Waals surface area contributed by atoms with Crippen LogP contribution in [0.3, 0.4) is 0 Å². The third-order valence-electron chi connectivity index (χ3n) is 4.41. The molecule has 0 spiro atoms. The van der Waals surface area contributed by atoms with Gasteiger partial charge in [-0.2, -0.15) is 18.3 Å². The molecule has 152 valence electrons. The Bertz CT molecular complexity index is 1020. The van der Waals surface area contributed by atoms with Crippen molar-refractivity contribution in [1.29, 1.82) is 0 Å². The van der Waals surface area contributed by atoms with Gasteiger partial charge < -0.3 is 5.32 Å². The topological polar surface area (TPSA) is 42.7 Å². The molecule has 1 aliphatic heterocycles. The number of nitrogens with zero attached hydrogens (tertiary/aromatic N) is 3. The average molecular weight is 443 g/mol. The van der Waals surface area contributed by atoms with Gasteiger partial charge in [-0.05, 0) is 24.3 Å². The first-order valence-corrected chi connectivity index (χ1v) is 10.2. The van der Waals surface area contributed by atoms with Crippen LogP contribution >= 0.6 is 23.4 Å². The van der Waals surface area contributed by atoms with Crippen LogP contribution in [0.25, 0.3) is 11.4 Å². The van der Waals surface area contributed by atoms with Crippen molar-refractivity contribution in [2.75, 3.05) is 17.6 Å². The maximum Gasteiger partial charge on any atom is 0.408 e. The Morgan fingerprint density at radius 2 is 2.07 bits per heavy atom. The number of benzene rings is 1. The second-order valence-corrected chi connectivity index (χ2v) is 8.09. The smallest absolute Gasteiger partial charge is 0.369 e. The summed E-state index contributed by atoms with van der Waals surface area (Å²) >= 11 is 7.31. The summed E-state index contributed by atoms with van der Waals surface area (Å²) < 4.78 is 55.1. The zero-order chi connectivity index (χ0) is 20.6. The summed E-state index contributed by atoms with van der Waals surface area (Å²) in [6, 6.07) is 9.44. The van der Waals surface area contributed by atoms with E-state index in [-0.39, 0.29) is 10.8 Å². The molecule has 1 N–H and O–H groups in total. The first-order valence-electron chi connectivity index (χ1n) is 8.73. The van der Waals surface area contributed by atoms with Gasteiger partial charge in [-0.3, -0.25) is 4.98 Å². The van der Waals surface area contributed by atoms with E-state index >= 15 is 0 Å². The molecular weight excluding hydrogens is 428 g/mol. The van der Waals surface area contributed by atoms with Crippen molar-refractivity contribution in [3.63, 3.8) is 0 Å². The second kappa shape index (κ2) is 7.87. The Balaban J connectivity index is 1.93. The molecular formula is C19H15ClF4N4S. The van der Waals surface area contributed by atoms with E-state index in [9.17, 15) is 17.6 Å². The number of aromatic nitrogens is 3. The van der Waals surface area contributed by atoms with E-state index in [0.29, 0.717) is 34.8 Å². The minimum atomic E-state index is -4.46. The van der Waals surface area contributed by atoms with Gasteiger partial charge in [-0.25, -0.2) is 9.07 Å². The summed E-state index contributed by atoms with van der Waals surface area (Å²) in [6.07, 6.45) is -2.91. The van der Waals surface area contributed by atoms with Gasteiger partial charge in [0.15, 0.2) is 0 Å². The van der Waals surface area contributed by atoms with Crippen molar-refractivity contribution in [3.8, 4) is 11.4 Å². The van der Waals surface area contributed by atoms with Crippen molar-refractivity contribution < 1.29 is 17.6 Å². The van der Waals surface area contributed by atoms with Crippen LogP contribution < -0.4 is 5.32 Å². The molecule has 29 heavy (non-hydrogen) atoms. The van der Waals surface area contributed by atoms with Crippen molar-refractivity contribution in [2.24, 2.45) is 0 Å². The Hall–Kier alpha value is -2.26. The Labute approximate surface area is 173 Å². The summed E-state index contributed by atoms with van der Waals surface area (Å²) in [5, 5.41) is 6.95. The molecule has 4 rings (SSSR count). The number of hydrogen-bond acceptors (Lipinski definition) is 4. The molecule has 1 aliphatic rings. The Morgan fingerprint density at radius 3 is 2.76 bits per heavy atom. The molecule has 1 aromatic carbocycles. The summed E-state index contributed by atoms with van der Waals surface area (Å²) in [5.74, 6) is 0.292. The zero-order valence-corrected chi connectivity index (χ0v) is 16.5. The van der Waals surface area contributed by atoms with E-state index in [1.165, 1.54) is 17.8 Å². The normalized spacial score (nSPS) is 16.8. The van der Waals surface area contributed by atoms with Gasteiger partial charge >= 0.3 is 6.18 Å². The fourth-order valence-corrected chi connectivity index (χ4v) is 4.65. The first-order chi connectivity index (χ1) is 13.8. The predicted molar refractivity (Wildman–Crippen MR) is 106 cm³/mol. The number of pyridine rings is 1. The minimum Gasteiger partial charge on any atom is -0.369 e. The van der Waals surface area contributed by atoms with E-state index in [1.807, 2.05) is 0 Å². The fourth-order valence-electron chi connectivity index (χ4n) is 3.28. The number of thioether (sulfide) groups is 1. The number of fused-ring (bicyclic) bond motifs is 1. The molecule has 0 bridgehead atoms. The molecule has 0 aliphatic carbocycles. The molecule has 4 nitrogen and oxygen atoms in total. The van der Waals surface area contributed by atoms with E-state index in [0.717, 1.165) is 4.68 Å². The quantitative estimate of drug-likeness (QED) is 0.540. The number of halogens is 5. The highest BCUT2D eigenvalue weighted by Crippen LogP contribution is 2.46. The van der Waals surface area contributed by atoms with Gasteiger partial charge in [0.2, 0.25) is 0 Å². The van der Waals surface area contributed by atoms with E-state index in [1.54, 1.807) is 36.5 Å². The van der Waals surface area contributed by atoms with Gasteiger partial charge in [0.05, 0.1) is 10.9 Å². The third kappa shape index (κ3) is 4.20. The average Bonchev–Trinajstić information content (AvgIpc) is 2.85. The van der Waals surface area contributed by atoms with Gasteiger partial charge in [-0.1, -0.05) is 23.7 Å².